The van der Waals surface area contributed by atoms with Crippen LogP contribution in [0.15, 0.2) is 94.2 Å². The third-order valence-corrected chi connectivity index (χ3v) is 5.68. The maximum atomic E-state index is 12.8. The van der Waals surface area contributed by atoms with Gasteiger partial charge in [0, 0.05) is 11.4 Å². The fraction of sp³-hybridized carbons (Fsp3) is 0.125. The molecule has 1 N–H and O–H groups in total. The SMILES string of the molecule is COc1ccc(N2NOC(=O)C2=C2CC(c3ccccc3Cl)N=c3ccccc3=N2)cc1. The number of para-hydroxylation sites is 2. The molecule has 0 spiro atoms. The number of rotatable bonds is 3. The van der Waals surface area contributed by atoms with E-state index in [1.807, 2.05) is 72.8 Å². The lowest BCUT2D eigenvalue weighted by Gasteiger charge is -2.19. The zero-order valence-electron chi connectivity index (χ0n) is 17.2. The molecule has 0 radical (unpaired) electrons. The van der Waals surface area contributed by atoms with Gasteiger partial charge in [-0.25, -0.2) is 14.8 Å². The number of benzene rings is 3. The summed E-state index contributed by atoms with van der Waals surface area (Å²) in [5.74, 6) is 0.192. The van der Waals surface area contributed by atoms with Crippen molar-refractivity contribution in [1.29, 1.82) is 0 Å². The van der Waals surface area contributed by atoms with E-state index in [1.54, 1.807) is 12.1 Å². The number of hydrogen-bond acceptors (Lipinski definition) is 7. The Balaban J connectivity index is 1.68. The number of nitrogens with zero attached hydrogens (tertiary/aromatic N) is 3. The normalized spacial score (nSPS) is 20.0. The van der Waals surface area contributed by atoms with E-state index in [-0.39, 0.29) is 6.04 Å². The summed E-state index contributed by atoms with van der Waals surface area (Å²) in [6.45, 7) is 0. The van der Waals surface area contributed by atoms with Gasteiger partial charge in [0.05, 0.1) is 35.3 Å². The molecule has 1 saturated heterocycles. The molecule has 2 aliphatic rings. The Morgan fingerprint density at radius 1 is 1.03 bits per heavy atom. The third kappa shape index (κ3) is 3.72. The first-order valence-electron chi connectivity index (χ1n) is 10.0. The number of carbonyl (C=O) groups excluding carboxylic acids is 1. The molecule has 7 nitrogen and oxygen atoms in total. The molecular formula is C24H19ClN4O3. The van der Waals surface area contributed by atoms with Gasteiger partial charge in [-0.1, -0.05) is 47.5 Å². The van der Waals surface area contributed by atoms with Gasteiger partial charge in [0.25, 0.3) is 0 Å². The molecule has 0 bridgehead atoms. The Hall–Kier alpha value is -3.68. The highest BCUT2D eigenvalue weighted by Gasteiger charge is 2.34. The zero-order chi connectivity index (χ0) is 22.1. The first kappa shape index (κ1) is 20.2. The Bertz CT molecular complexity index is 1340. The standard InChI is InChI=1S/C24H19ClN4O3/c1-31-16-12-10-15(11-13-16)29-23(24(30)32-28-29)22-14-21(17-6-2-3-7-18(17)25)26-19-8-4-5-9-20(19)27-22/h2-13,21,28H,14H2,1H3. The van der Waals surface area contributed by atoms with E-state index < -0.39 is 5.97 Å². The van der Waals surface area contributed by atoms with Crippen molar-refractivity contribution in [3.05, 3.63) is 105 Å². The summed E-state index contributed by atoms with van der Waals surface area (Å²) in [6.07, 6.45) is 0.372. The van der Waals surface area contributed by atoms with Crippen LogP contribution in [0.1, 0.15) is 18.0 Å². The topological polar surface area (TPSA) is 75.5 Å². The van der Waals surface area contributed by atoms with Gasteiger partial charge < -0.3 is 9.57 Å². The van der Waals surface area contributed by atoms with E-state index >= 15 is 0 Å². The Morgan fingerprint density at radius 2 is 1.75 bits per heavy atom. The number of halogens is 1. The molecule has 0 aromatic heterocycles. The number of hydrogen-bond donors (Lipinski definition) is 1. The van der Waals surface area contributed by atoms with Gasteiger partial charge in [0.2, 0.25) is 0 Å². The quantitative estimate of drug-likeness (QED) is 0.624. The molecule has 1 fully saturated rings. The molecule has 0 saturated carbocycles. The molecule has 1 atom stereocenters. The maximum absolute atomic E-state index is 12.8. The van der Waals surface area contributed by atoms with Crippen LogP contribution in [0.25, 0.3) is 0 Å². The van der Waals surface area contributed by atoms with E-state index in [1.165, 1.54) is 0 Å². The number of methoxy groups -OCH3 is 1. The summed E-state index contributed by atoms with van der Waals surface area (Å²) in [5.41, 5.74) is 5.12. The van der Waals surface area contributed by atoms with Crippen LogP contribution in [-0.2, 0) is 9.63 Å². The minimum Gasteiger partial charge on any atom is -0.497 e. The summed E-state index contributed by atoms with van der Waals surface area (Å²) in [6, 6.07) is 22.1. The molecule has 32 heavy (non-hydrogen) atoms. The molecule has 3 aromatic rings. The van der Waals surface area contributed by atoms with Crippen molar-refractivity contribution >= 4 is 23.3 Å². The average Bonchev–Trinajstić information content (AvgIpc) is 3.10. The van der Waals surface area contributed by atoms with Crippen molar-refractivity contribution in [1.82, 2.24) is 5.59 Å². The third-order valence-electron chi connectivity index (χ3n) is 5.33. The van der Waals surface area contributed by atoms with Gasteiger partial charge in [-0.15, -0.1) is 0 Å². The molecule has 3 aromatic carbocycles. The van der Waals surface area contributed by atoms with Crippen LogP contribution in [0, 0.1) is 0 Å². The molecule has 1 unspecified atom stereocenters. The fourth-order valence-corrected chi connectivity index (χ4v) is 4.02. The van der Waals surface area contributed by atoms with Crippen LogP contribution in [0.3, 0.4) is 0 Å². The molecule has 2 heterocycles. The Labute approximate surface area is 189 Å². The van der Waals surface area contributed by atoms with E-state index in [0.29, 0.717) is 39.6 Å². The highest BCUT2D eigenvalue weighted by molar-refractivity contribution is 6.31. The van der Waals surface area contributed by atoms with Crippen LogP contribution >= 0.6 is 11.6 Å². The lowest BCUT2D eigenvalue weighted by atomic mass is 10.0. The largest absolute Gasteiger partial charge is 0.497 e. The van der Waals surface area contributed by atoms with Crippen molar-refractivity contribution in [2.45, 2.75) is 12.5 Å². The van der Waals surface area contributed by atoms with Crippen LogP contribution in [0.5, 0.6) is 5.75 Å². The predicted molar refractivity (Wildman–Crippen MR) is 119 cm³/mol. The van der Waals surface area contributed by atoms with E-state index in [2.05, 4.69) is 5.59 Å². The smallest absolute Gasteiger partial charge is 0.378 e. The number of hydrazine groups is 1. The Kier molecular flexibility index (Phi) is 5.34. The molecule has 0 aliphatic carbocycles. The second-order valence-electron chi connectivity index (χ2n) is 7.28. The highest BCUT2D eigenvalue weighted by Crippen LogP contribution is 2.34. The van der Waals surface area contributed by atoms with Gasteiger partial charge in [0.15, 0.2) is 5.70 Å². The van der Waals surface area contributed by atoms with E-state index in [9.17, 15) is 4.79 Å². The number of anilines is 1. The lowest BCUT2D eigenvalue weighted by molar-refractivity contribution is -0.140. The van der Waals surface area contributed by atoms with Crippen LogP contribution in [0.4, 0.5) is 5.69 Å². The molecule has 5 rings (SSSR count). The number of ether oxygens (including phenoxy) is 1. The van der Waals surface area contributed by atoms with E-state index in [0.717, 1.165) is 10.9 Å². The maximum Gasteiger partial charge on any atom is 0.378 e. The summed E-state index contributed by atoms with van der Waals surface area (Å²) >= 11 is 6.49. The predicted octanol–water partition coefficient (Wildman–Crippen LogP) is 3.43. The minimum atomic E-state index is -0.517. The van der Waals surface area contributed by atoms with Gasteiger partial charge in [-0.2, -0.15) is 0 Å². The van der Waals surface area contributed by atoms with Crippen molar-refractivity contribution in [3.8, 4) is 5.75 Å². The minimum absolute atomic E-state index is 0.305. The average molecular weight is 447 g/mol. The van der Waals surface area contributed by atoms with Crippen molar-refractivity contribution in [2.24, 2.45) is 9.98 Å². The summed E-state index contributed by atoms with van der Waals surface area (Å²) in [4.78, 5) is 27.7. The van der Waals surface area contributed by atoms with Gasteiger partial charge >= 0.3 is 5.97 Å². The molecule has 0 amide bonds. The number of carbonyl (C=O) groups is 1. The van der Waals surface area contributed by atoms with Crippen molar-refractivity contribution < 1.29 is 14.4 Å². The summed E-state index contributed by atoms with van der Waals surface area (Å²) in [7, 11) is 1.60. The first-order chi connectivity index (χ1) is 15.6. The van der Waals surface area contributed by atoms with Crippen molar-refractivity contribution in [3.63, 3.8) is 0 Å². The van der Waals surface area contributed by atoms with Gasteiger partial charge in [0.1, 0.15) is 5.75 Å². The Morgan fingerprint density at radius 3 is 2.50 bits per heavy atom. The molecule has 2 aliphatic heterocycles. The number of nitrogens with one attached hydrogen (secondary N) is 1. The highest BCUT2D eigenvalue weighted by atomic mass is 35.5. The monoisotopic (exact) mass is 446 g/mol. The summed E-state index contributed by atoms with van der Waals surface area (Å²) in [5, 5.41) is 3.62. The van der Waals surface area contributed by atoms with E-state index in [4.69, 9.17) is 31.2 Å². The first-order valence-corrected chi connectivity index (χ1v) is 10.4. The fourth-order valence-electron chi connectivity index (χ4n) is 3.76. The summed E-state index contributed by atoms with van der Waals surface area (Å²) < 4.78 is 5.23. The van der Waals surface area contributed by atoms with Crippen molar-refractivity contribution in [2.75, 3.05) is 12.1 Å². The van der Waals surface area contributed by atoms with Crippen LogP contribution < -0.4 is 26.0 Å². The van der Waals surface area contributed by atoms with Gasteiger partial charge in [-0.3, -0.25) is 4.99 Å². The molecule has 8 heteroatoms. The zero-order valence-corrected chi connectivity index (χ0v) is 17.9. The molecule has 160 valence electrons. The second-order valence-corrected chi connectivity index (χ2v) is 7.69. The second kappa shape index (κ2) is 8.45. The van der Waals surface area contributed by atoms with Crippen LogP contribution in [0.2, 0.25) is 5.02 Å². The van der Waals surface area contributed by atoms with Crippen LogP contribution in [-0.4, -0.2) is 13.1 Å². The lowest BCUT2D eigenvalue weighted by Crippen LogP contribution is -2.29. The van der Waals surface area contributed by atoms with Gasteiger partial charge in [-0.05, 0) is 48.0 Å². The number of fused-ring (bicyclic) bond motifs is 1. The molecular weight excluding hydrogens is 428 g/mol.